The molecule has 0 heterocycles. The molecule has 21 heavy (non-hydrogen) atoms. The quantitative estimate of drug-likeness (QED) is 0.904. The lowest BCUT2D eigenvalue weighted by Crippen LogP contribution is -2.12. The third kappa shape index (κ3) is 4.07. The minimum absolute atomic E-state index is 0.129. The number of hydrogen-bond donors (Lipinski definition) is 2. The van der Waals surface area contributed by atoms with Crippen molar-refractivity contribution in [2.45, 2.75) is 13.8 Å². The topological polar surface area (TPSA) is 58.2 Å². The first kappa shape index (κ1) is 15.1. The van der Waals surface area contributed by atoms with Crippen LogP contribution in [-0.2, 0) is 4.79 Å². The second-order valence-corrected chi connectivity index (χ2v) is 5.11. The maximum absolute atomic E-state index is 12.1. The van der Waals surface area contributed by atoms with Crippen LogP contribution >= 0.6 is 11.6 Å². The summed E-state index contributed by atoms with van der Waals surface area (Å²) < 4.78 is 0. The Hall–Kier alpha value is -2.33. The summed E-state index contributed by atoms with van der Waals surface area (Å²) in [5.74, 6) is -0.339. The van der Waals surface area contributed by atoms with Crippen molar-refractivity contribution in [3.8, 4) is 0 Å². The lowest BCUT2D eigenvalue weighted by atomic mass is 10.1. The van der Waals surface area contributed by atoms with E-state index < -0.39 is 0 Å². The standard InChI is InChI=1S/C16H15ClN2O2/c1-10-9-14(7-8-15(10)18-11(2)20)19-16(21)12-3-5-13(17)6-4-12/h3-9H,1-2H3,(H,18,20)(H,19,21). The molecule has 108 valence electrons. The van der Waals surface area contributed by atoms with Crippen LogP contribution in [0.3, 0.4) is 0 Å². The molecule has 0 aliphatic heterocycles. The molecule has 0 unspecified atom stereocenters. The summed E-state index contributed by atoms with van der Waals surface area (Å²) in [7, 11) is 0. The number of rotatable bonds is 3. The Bertz CT molecular complexity index is 681. The van der Waals surface area contributed by atoms with Gasteiger partial charge in [-0.1, -0.05) is 11.6 Å². The Morgan fingerprint density at radius 2 is 1.67 bits per heavy atom. The van der Waals surface area contributed by atoms with Gasteiger partial charge in [-0.3, -0.25) is 9.59 Å². The molecule has 0 aliphatic carbocycles. The Morgan fingerprint density at radius 1 is 1.00 bits per heavy atom. The van der Waals surface area contributed by atoms with Gasteiger partial charge in [0.25, 0.3) is 5.91 Å². The zero-order valence-corrected chi connectivity index (χ0v) is 12.5. The molecule has 2 N–H and O–H groups in total. The average molecular weight is 303 g/mol. The molecule has 2 aromatic rings. The van der Waals surface area contributed by atoms with E-state index in [-0.39, 0.29) is 11.8 Å². The van der Waals surface area contributed by atoms with E-state index in [1.54, 1.807) is 42.5 Å². The van der Waals surface area contributed by atoms with Gasteiger partial charge in [-0.05, 0) is 55.0 Å². The zero-order chi connectivity index (χ0) is 15.4. The van der Waals surface area contributed by atoms with Gasteiger partial charge in [0.1, 0.15) is 0 Å². The minimum Gasteiger partial charge on any atom is -0.326 e. The van der Waals surface area contributed by atoms with Crippen LogP contribution in [0.2, 0.25) is 5.02 Å². The Kier molecular flexibility index (Phi) is 4.60. The molecule has 0 spiro atoms. The second-order valence-electron chi connectivity index (χ2n) is 4.67. The molecule has 0 bridgehead atoms. The maximum Gasteiger partial charge on any atom is 0.255 e. The molecule has 5 heteroatoms. The van der Waals surface area contributed by atoms with Crippen LogP contribution in [0, 0.1) is 6.92 Å². The molecule has 2 amide bonds. The van der Waals surface area contributed by atoms with E-state index in [0.29, 0.717) is 16.3 Å². The highest BCUT2D eigenvalue weighted by Gasteiger charge is 2.07. The number of nitrogens with one attached hydrogen (secondary N) is 2. The first-order valence-corrected chi connectivity index (χ1v) is 6.78. The maximum atomic E-state index is 12.1. The fraction of sp³-hybridized carbons (Fsp3) is 0.125. The Morgan fingerprint density at radius 3 is 2.24 bits per heavy atom. The van der Waals surface area contributed by atoms with Crippen molar-refractivity contribution in [1.29, 1.82) is 0 Å². The molecule has 0 radical (unpaired) electrons. The van der Waals surface area contributed by atoms with E-state index in [9.17, 15) is 9.59 Å². The predicted molar refractivity (Wildman–Crippen MR) is 84.9 cm³/mol. The summed E-state index contributed by atoms with van der Waals surface area (Å²) in [6, 6.07) is 12.0. The van der Waals surface area contributed by atoms with Gasteiger partial charge in [0.05, 0.1) is 0 Å². The predicted octanol–water partition coefficient (Wildman–Crippen LogP) is 3.86. The lowest BCUT2D eigenvalue weighted by molar-refractivity contribution is -0.114. The average Bonchev–Trinajstić information content (AvgIpc) is 2.42. The smallest absolute Gasteiger partial charge is 0.255 e. The largest absolute Gasteiger partial charge is 0.326 e. The number of amides is 2. The van der Waals surface area contributed by atoms with Gasteiger partial charge in [-0.25, -0.2) is 0 Å². The fourth-order valence-corrected chi connectivity index (χ4v) is 2.00. The van der Waals surface area contributed by atoms with E-state index >= 15 is 0 Å². The highest BCUT2D eigenvalue weighted by molar-refractivity contribution is 6.30. The first-order chi connectivity index (χ1) is 9.95. The Labute approximate surface area is 128 Å². The monoisotopic (exact) mass is 302 g/mol. The van der Waals surface area contributed by atoms with Crippen molar-refractivity contribution in [2.75, 3.05) is 10.6 Å². The van der Waals surface area contributed by atoms with Gasteiger partial charge < -0.3 is 10.6 Å². The summed E-state index contributed by atoms with van der Waals surface area (Å²) >= 11 is 5.79. The molecule has 0 atom stereocenters. The SMILES string of the molecule is CC(=O)Nc1ccc(NC(=O)c2ccc(Cl)cc2)cc1C. The number of aryl methyl sites for hydroxylation is 1. The molecule has 0 saturated carbocycles. The van der Waals surface area contributed by atoms with Crippen LogP contribution < -0.4 is 10.6 Å². The van der Waals surface area contributed by atoms with Gasteiger partial charge >= 0.3 is 0 Å². The van der Waals surface area contributed by atoms with E-state index in [1.807, 2.05) is 6.92 Å². The van der Waals surface area contributed by atoms with E-state index in [4.69, 9.17) is 11.6 Å². The number of halogens is 1. The van der Waals surface area contributed by atoms with Crippen LogP contribution in [0.15, 0.2) is 42.5 Å². The molecular formula is C16H15ClN2O2. The van der Waals surface area contributed by atoms with Crippen molar-refractivity contribution in [3.05, 3.63) is 58.6 Å². The van der Waals surface area contributed by atoms with Crippen molar-refractivity contribution in [2.24, 2.45) is 0 Å². The van der Waals surface area contributed by atoms with Crippen molar-refractivity contribution in [1.82, 2.24) is 0 Å². The van der Waals surface area contributed by atoms with Crippen LogP contribution in [-0.4, -0.2) is 11.8 Å². The van der Waals surface area contributed by atoms with Crippen molar-refractivity contribution < 1.29 is 9.59 Å². The van der Waals surface area contributed by atoms with E-state index in [0.717, 1.165) is 11.3 Å². The number of carbonyl (C=O) groups is 2. The summed E-state index contributed by atoms with van der Waals surface area (Å²) in [5.41, 5.74) is 2.80. The summed E-state index contributed by atoms with van der Waals surface area (Å²) in [5, 5.41) is 6.11. The molecule has 0 aliphatic rings. The van der Waals surface area contributed by atoms with Crippen LogP contribution in [0.1, 0.15) is 22.8 Å². The molecular weight excluding hydrogens is 288 g/mol. The third-order valence-electron chi connectivity index (χ3n) is 2.90. The van der Waals surface area contributed by atoms with Crippen molar-refractivity contribution >= 4 is 34.8 Å². The molecule has 0 aromatic heterocycles. The normalized spacial score (nSPS) is 10.0. The molecule has 0 fully saturated rings. The van der Waals surface area contributed by atoms with Crippen LogP contribution in [0.4, 0.5) is 11.4 Å². The van der Waals surface area contributed by atoms with Crippen LogP contribution in [0.5, 0.6) is 0 Å². The van der Waals surface area contributed by atoms with Gasteiger partial charge in [0, 0.05) is 28.9 Å². The summed E-state index contributed by atoms with van der Waals surface area (Å²) in [6.45, 7) is 3.32. The van der Waals surface area contributed by atoms with Gasteiger partial charge in [0.2, 0.25) is 5.91 Å². The van der Waals surface area contributed by atoms with Crippen LogP contribution in [0.25, 0.3) is 0 Å². The number of benzene rings is 2. The molecule has 4 nitrogen and oxygen atoms in total. The number of anilines is 2. The highest BCUT2D eigenvalue weighted by atomic mass is 35.5. The third-order valence-corrected chi connectivity index (χ3v) is 3.15. The summed E-state index contributed by atoms with van der Waals surface area (Å²) in [4.78, 5) is 23.1. The second kappa shape index (κ2) is 6.41. The zero-order valence-electron chi connectivity index (χ0n) is 11.7. The van der Waals surface area contributed by atoms with Gasteiger partial charge in [-0.2, -0.15) is 0 Å². The summed E-state index contributed by atoms with van der Waals surface area (Å²) in [6.07, 6.45) is 0. The number of hydrogen-bond acceptors (Lipinski definition) is 2. The highest BCUT2D eigenvalue weighted by Crippen LogP contribution is 2.20. The van der Waals surface area contributed by atoms with E-state index in [2.05, 4.69) is 10.6 Å². The fourth-order valence-electron chi connectivity index (χ4n) is 1.88. The van der Waals surface area contributed by atoms with Crippen molar-refractivity contribution in [3.63, 3.8) is 0 Å². The lowest BCUT2D eigenvalue weighted by Gasteiger charge is -2.10. The van der Waals surface area contributed by atoms with Gasteiger partial charge in [-0.15, -0.1) is 0 Å². The minimum atomic E-state index is -0.210. The Balaban J connectivity index is 2.12. The molecule has 2 rings (SSSR count). The molecule has 0 saturated heterocycles. The number of carbonyl (C=O) groups excluding carboxylic acids is 2. The van der Waals surface area contributed by atoms with Gasteiger partial charge in [0.15, 0.2) is 0 Å². The molecule has 2 aromatic carbocycles. The van der Waals surface area contributed by atoms with E-state index in [1.165, 1.54) is 6.92 Å². The first-order valence-electron chi connectivity index (χ1n) is 6.41.